The van der Waals surface area contributed by atoms with E-state index in [-0.39, 0.29) is 23.6 Å². The zero-order valence-electron chi connectivity index (χ0n) is 14.3. The van der Waals surface area contributed by atoms with E-state index in [1.54, 1.807) is 45.3 Å². The number of fused-ring (bicyclic) bond motifs is 1. The molecule has 1 saturated heterocycles. The highest BCUT2D eigenvalue weighted by atomic mass is 16.4. The first-order chi connectivity index (χ1) is 11.7. The average molecular weight is 344 g/mol. The Kier molecular flexibility index (Phi) is 4.12. The Morgan fingerprint density at radius 1 is 1.24 bits per heavy atom. The largest absolute Gasteiger partial charge is 0.477 e. The summed E-state index contributed by atoms with van der Waals surface area (Å²) in [6.07, 6.45) is -0.438. The molecule has 2 N–H and O–H groups in total. The number of nitrogens with zero attached hydrogens (tertiary/aromatic N) is 2. The smallest absolute Gasteiger partial charge is 0.352 e. The van der Waals surface area contributed by atoms with E-state index in [0.29, 0.717) is 23.1 Å². The second-order valence-electron chi connectivity index (χ2n) is 6.66. The topological polar surface area (TPSA) is 98.1 Å². The lowest BCUT2D eigenvalue weighted by Gasteiger charge is -2.44. The fourth-order valence-corrected chi connectivity index (χ4v) is 3.60. The lowest BCUT2D eigenvalue weighted by Crippen LogP contribution is -2.61. The van der Waals surface area contributed by atoms with Crippen LogP contribution in [-0.2, 0) is 9.59 Å². The summed E-state index contributed by atoms with van der Waals surface area (Å²) < 4.78 is 0. The van der Waals surface area contributed by atoms with E-state index in [1.807, 2.05) is 0 Å². The van der Waals surface area contributed by atoms with Gasteiger partial charge < -0.3 is 20.0 Å². The molecule has 3 rings (SSSR count). The van der Waals surface area contributed by atoms with Crippen molar-refractivity contribution < 1.29 is 24.6 Å². The summed E-state index contributed by atoms with van der Waals surface area (Å²) in [6.45, 7) is 1.54. The number of hydrogen-bond acceptors (Lipinski definition) is 4. The van der Waals surface area contributed by atoms with Gasteiger partial charge in [0.05, 0.1) is 18.1 Å². The summed E-state index contributed by atoms with van der Waals surface area (Å²) in [5, 5.41) is 19.3. The normalized spacial score (nSPS) is 23.2. The van der Waals surface area contributed by atoms with Crippen LogP contribution >= 0.6 is 0 Å². The molecule has 3 atom stereocenters. The number of carboxylic acids is 1. The average Bonchev–Trinajstić information content (AvgIpc) is 2.89. The predicted molar refractivity (Wildman–Crippen MR) is 89.4 cm³/mol. The van der Waals surface area contributed by atoms with Crippen LogP contribution in [0.2, 0.25) is 0 Å². The zero-order chi connectivity index (χ0) is 18.5. The van der Waals surface area contributed by atoms with Crippen LogP contribution in [0.4, 0.5) is 0 Å². The van der Waals surface area contributed by atoms with Crippen LogP contribution < -0.4 is 0 Å². The summed E-state index contributed by atoms with van der Waals surface area (Å²) in [5.74, 6) is -2.23. The maximum atomic E-state index is 12.2. The molecule has 1 fully saturated rings. The molecule has 25 heavy (non-hydrogen) atoms. The van der Waals surface area contributed by atoms with Gasteiger partial charge in [-0.25, -0.2) is 4.79 Å². The van der Waals surface area contributed by atoms with Gasteiger partial charge in [0.25, 0.3) is 5.91 Å². The predicted octanol–water partition coefficient (Wildman–Crippen LogP) is 0.796. The lowest BCUT2D eigenvalue weighted by atomic mass is 9.82. The molecule has 0 spiro atoms. The maximum absolute atomic E-state index is 12.2. The lowest BCUT2D eigenvalue weighted by molar-refractivity contribution is -0.161. The van der Waals surface area contributed by atoms with Gasteiger partial charge in [-0.3, -0.25) is 9.59 Å². The standard InChI is InChI=1S/C18H20N2O5/c1-9(21)14-13-8-12(15(18(24)25)20(13)17(14)23)10-4-6-11(7-5-10)16(22)19(2)3/h4-7,9,13-14,21H,8H2,1-3H3,(H,24,25). The van der Waals surface area contributed by atoms with Crippen molar-refractivity contribution >= 4 is 23.4 Å². The summed E-state index contributed by atoms with van der Waals surface area (Å²) in [5.41, 5.74) is 1.70. The first-order valence-electron chi connectivity index (χ1n) is 8.03. The summed E-state index contributed by atoms with van der Waals surface area (Å²) in [6, 6.07) is 6.36. The Labute approximate surface area is 145 Å². The van der Waals surface area contributed by atoms with Gasteiger partial charge in [-0.2, -0.15) is 0 Å². The highest BCUT2D eigenvalue weighted by Gasteiger charge is 2.56. The van der Waals surface area contributed by atoms with Gasteiger partial charge in [0.2, 0.25) is 5.91 Å². The molecule has 3 unspecified atom stereocenters. The molecule has 7 heteroatoms. The number of aliphatic hydroxyl groups is 1. The van der Waals surface area contributed by atoms with Crippen molar-refractivity contribution in [3.8, 4) is 0 Å². The van der Waals surface area contributed by atoms with Crippen molar-refractivity contribution in [1.82, 2.24) is 9.80 Å². The number of benzene rings is 1. The molecule has 7 nitrogen and oxygen atoms in total. The van der Waals surface area contributed by atoms with E-state index in [0.717, 1.165) is 0 Å². The molecule has 2 heterocycles. The van der Waals surface area contributed by atoms with Crippen molar-refractivity contribution in [2.24, 2.45) is 5.92 Å². The van der Waals surface area contributed by atoms with Crippen LogP contribution in [0.5, 0.6) is 0 Å². The van der Waals surface area contributed by atoms with Crippen molar-refractivity contribution in [3.05, 3.63) is 41.1 Å². The van der Waals surface area contributed by atoms with E-state index in [2.05, 4.69) is 0 Å². The second-order valence-corrected chi connectivity index (χ2v) is 6.66. The third-order valence-electron chi connectivity index (χ3n) is 4.82. The highest BCUT2D eigenvalue weighted by molar-refractivity contribution is 6.06. The molecule has 1 aromatic carbocycles. The Morgan fingerprint density at radius 2 is 1.84 bits per heavy atom. The minimum Gasteiger partial charge on any atom is -0.477 e. The fraction of sp³-hybridized carbons (Fsp3) is 0.389. The highest BCUT2D eigenvalue weighted by Crippen LogP contribution is 2.46. The van der Waals surface area contributed by atoms with Crippen LogP contribution in [0.25, 0.3) is 5.57 Å². The van der Waals surface area contributed by atoms with E-state index in [9.17, 15) is 24.6 Å². The number of aliphatic hydroxyl groups excluding tert-OH is 1. The maximum Gasteiger partial charge on any atom is 0.352 e. The molecule has 132 valence electrons. The van der Waals surface area contributed by atoms with Gasteiger partial charge in [0.1, 0.15) is 5.70 Å². The molecule has 2 aliphatic heterocycles. The van der Waals surface area contributed by atoms with Gasteiger partial charge in [0.15, 0.2) is 0 Å². The minimum absolute atomic E-state index is 0.0291. The van der Waals surface area contributed by atoms with Gasteiger partial charge in [0, 0.05) is 19.7 Å². The molecule has 0 aromatic heterocycles. The summed E-state index contributed by atoms with van der Waals surface area (Å²) in [4.78, 5) is 38.6. The molecule has 2 amide bonds. The van der Waals surface area contributed by atoms with Crippen LogP contribution in [0.1, 0.15) is 29.3 Å². The Morgan fingerprint density at radius 3 is 2.32 bits per heavy atom. The monoisotopic (exact) mass is 344 g/mol. The van der Waals surface area contributed by atoms with E-state index >= 15 is 0 Å². The first-order valence-corrected chi connectivity index (χ1v) is 8.03. The van der Waals surface area contributed by atoms with Crippen LogP contribution in [0.3, 0.4) is 0 Å². The fourth-order valence-electron chi connectivity index (χ4n) is 3.60. The number of rotatable bonds is 4. The number of β-lactam (4-membered cyclic amide) rings is 1. The summed E-state index contributed by atoms with van der Waals surface area (Å²) >= 11 is 0. The Balaban J connectivity index is 1.95. The molecule has 0 bridgehead atoms. The molecule has 0 radical (unpaired) electrons. The number of carbonyl (C=O) groups excluding carboxylic acids is 2. The summed E-state index contributed by atoms with van der Waals surface area (Å²) in [7, 11) is 3.32. The van der Waals surface area contributed by atoms with E-state index in [4.69, 9.17) is 0 Å². The number of carboxylic acid groups (broad SMARTS) is 1. The van der Waals surface area contributed by atoms with Crippen LogP contribution in [-0.4, -0.2) is 64.0 Å². The van der Waals surface area contributed by atoms with Crippen molar-refractivity contribution in [3.63, 3.8) is 0 Å². The minimum atomic E-state index is -1.16. The molecule has 0 aliphatic carbocycles. The third-order valence-corrected chi connectivity index (χ3v) is 4.82. The first kappa shape index (κ1) is 17.2. The number of amides is 2. The van der Waals surface area contributed by atoms with Crippen molar-refractivity contribution in [2.45, 2.75) is 25.5 Å². The number of carbonyl (C=O) groups is 3. The molecule has 0 saturated carbocycles. The van der Waals surface area contributed by atoms with E-state index in [1.165, 1.54) is 9.80 Å². The second kappa shape index (κ2) is 6.00. The SMILES string of the molecule is CC(O)C1C(=O)N2C(C(=O)O)=C(c3ccc(C(=O)N(C)C)cc3)CC12. The van der Waals surface area contributed by atoms with Gasteiger partial charge in [-0.15, -0.1) is 0 Å². The van der Waals surface area contributed by atoms with Crippen molar-refractivity contribution in [1.29, 1.82) is 0 Å². The van der Waals surface area contributed by atoms with Gasteiger partial charge in [-0.05, 0) is 36.6 Å². The Hall–Kier alpha value is -2.67. The van der Waals surface area contributed by atoms with E-state index < -0.39 is 18.0 Å². The van der Waals surface area contributed by atoms with Gasteiger partial charge in [-0.1, -0.05) is 12.1 Å². The van der Waals surface area contributed by atoms with Crippen LogP contribution in [0, 0.1) is 5.92 Å². The Bertz CT molecular complexity index is 779. The van der Waals surface area contributed by atoms with Gasteiger partial charge >= 0.3 is 5.97 Å². The number of hydrogen-bond donors (Lipinski definition) is 2. The van der Waals surface area contributed by atoms with Crippen LogP contribution in [0.15, 0.2) is 30.0 Å². The quantitative estimate of drug-likeness (QED) is 0.787. The van der Waals surface area contributed by atoms with Crippen molar-refractivity contribution in [2.75, 3.05) is 14.1 Å². The number of aliphatic carboxylic acids is 1. The molecular weight excluding hydrogens is 324 g/mol. The molecule has 2 aliphatic rings. The third kappa shape index (κ3) is 2.60. The molecule has 1 aromatic rings. The zero-order valence-corrected chi connectivity index (χ0v) is 14.3. The molecular formula is C18H20N2O5.